The molecule has 0 bridgehead atoms. The molecule has 174 valence electrons. The number of Topliss-reactive ketones (excluding diaryl/α,β-unsaturated/α-hetero) is 1. The lowest BCUT2D eigenvalue weighted by Gasteiger charge is -2.18. The van der Waals surface area contributed by atoms with Crippen molar-refractivity contribution in [3.63, 3.8) is 0 Å². The van der Waals surface area contributed by atoms with Crippen LogP contribution in [0.1, 0.15) is 87.2 Å². The second-order valence-corrected chi connectivity index (χ2v) is 9.79. The number of hydrogen-bond donors (Lipinski definition) is 2. The number of ketones is 1. The van der Waals surface area contributed by atoms with E-state index in [1.54, 1.807) is 0 Å². The molecular formula is C27H36ClNO3. The van der Waals surface area contributed by atoms with Crippen LogP contribution >= 0.6 is 11.6 Å². The number of benzene rings is 1. The van der Waals surface area contributed by atoms with Gasteiger partial charge in [0.05, 0.1) is 0 Å². The fourth-order valence-electron chi connectivity index (χ4n) is 4.56. The quantitative estimate of drug-likeness (QED) is 0.187. The van der Waals surface area contributed by atoms with Crippen molar-refractivity contribution in [1.82, 2.24) is 4.57 Å². The van der Waals surface area contributed by atoms with Crippen LogP contribution in [0.25, 0.3) is 10.9 Å². The molecule has 5 heteroatoms. The normalized spacial score (nSPS) is 14.9. The van der Waals surface area contributed by atoms with Crippen LogP contribution in [0.3, 0.4) is 0 Å². The second kappa shape index (κ2) is 11.9. The SMILES string of the molecule is C[C@@H](CC(=O)c1c(CCCCCCC#CC2CCC2)n(C)c2ccc(Cl)cc12)CC(O)O. The highest BCUT2D eigenvalue weighted by molar-refractivity contribution is 6.31. The van der Waals surface area contributed by atoms with Crippen LogP contribution in [-0.2, 0) is 13.5 Å². The van der Waals surface area contributed by atoms with Gasteiger partial charge in [0.25, 0.3) is 0 Å². The van der Waals surface area contributed by atoms with Crippen molar-refractivity contribution >= 4 is 28.3 Å². The molecule has 0 unspecified atom stereocenters. The van der Waals surface area contributed by atoms with Crippen LogP contribution in [0.5, 0.6) is 0 Å². The monoisotopic (exact) mass is 457 g/mol. The first-order valence-corrected chi connectivity index (χ1v) is 12.4. The number of hydrogen-bond acceptors (Lipinski definition) is 3. The maximum atomic E-state index is 13.3. The summed E-state index contributed by atoms with van der Waals surface area (Å²) in [6.07, 6.45) is 9.26. The molecule has 0 radical (unpaired) electrons. The molecule has 1 fully saturated rings. The number of nitrogens with zero attached hydrogens (tertiary/aromatic N) is 1. The molecular weight excluding hydrogens is 422 g/mol. The summed E-state index contributed by atoms with van der Waals surface area (Å²) >= 11 is 6.25. The predicted molar refractivity (Wildman–Crippen MR) is 131 cm³/mol. The number of unbranched alkanes of at least 4 members (excludes halogenated alkanes) is 4. The molecule has 0 spiro atoms. The number of halogens is 1. The first kappa shape index (κ1) is 24.8. The lowest BCUT2D eigenvalue weighted by atomic mass is 9.86. The molecule has 1 saturated carbocycles. The standard InChI is InChI=1S/C27H36ClNO3/c1-19(17-26(31)32)16-25(30)27-22-18-21(28)14-15-23(22)29(2)24(27)13-8-6-4-3-5-7-10-20-11-9-12-20/h14-15,18-20,26,31-32H,3-6,8-9,11-13,16-17H2,1-2H3/t19-/m0/s1. The third-order valence-electron chi connectivity index (χ3n) is 6.59. The van der Waals surface area contributed by atoms with Gasteiger partial charge in [0.15, 0.2) is 12.1 Å². The Bertz CT molecular complexity index is 978. The van der Waals surface area contributed by atoms with Crippen LogP contribution in [-0.4, -0.2) is 26.9 Å². The third-order valence-corrected chi connectivity index (χ3v) is 6.82. The van der Waals surface area contributed by atoms with Crippen LogP contribution in [0, 0.1) is 23.7 Å². The molecule has 0 amide bonds. The van der Waals surface area contributed by atoms with Gasteiger partial charge in [0, 0.05) is 59.4 Å². The van der Waals surface area contributed by atoms with Gasteiger partial charge in [0.2, 0.25) is 0 Å². The van der Waals surface area contributed by atoms with Gasteiger partial charge >= 0.3 is 0 Å². The Balaban J connectivity index is 1.63. The van der Waals surface area contributed by atoms with Crippen LogP contribution in [0.4, 0.5) is 0 Å². The lowest BCUT2D eigenvalue weighted by Crippen LogP contribution is -2.15. The van der Waals surface area contributed by atoms with E-state index in [2.05, 4.69) is 16.4 Å². The number of carbonyl (C=O) groups is 1. The fraction of sp³-hybridized carbons (Fsp3) is 0.593. The van der Waals surface area contributed by atoms with E-state index in [1.807, 2.05) is 32.2 Å². The fourth-order valence-corrected chi connectivity index (χ4v) is 4.74. The van der Waals surface area contributed by atoms with Crippen molar-refractivity contribution < 1.29 is 15.0 Å². The van der Waals surface area contributed by atoms with Gasteiger partial charge in [-0.3, -0.25) is 4.79 Å². The van der Waals surface area contributed by atoms with Crippen LogP contribution < -0.4 is 0 Å². The molecule has 0 aliphatic heterocycles. The Kier molecular flexibility index (Phi) is 9.22. The smallest absolute Gasteiger partial charge is 0.165 e. The zero-order valence-corrected chi connectivity index (χ0v) is 20.1. The summed E-state index contributed by atoms with van der Waals surface area (Å²) in [6, 6.07) is 5.71. The summed E-state index contributed by atoms with van der Waals surface area (Å²) in [5.41, 5.74) is 2.80. The highest BCUT2D eigenvalue weighted by Crippen LogP contribution is 2.31. The van der Waals surface area contributed by atoms with Crippen LogP contribution in [0.2, 0.25) is 5.02 Å². The first-order valence-electron chi connectivity index (χ1n) is 12.0. The predicted octanol–water partition coefficient (Wildman–Crippen LogP) is 6.04. The Morgan fingerprint density at radius 3 is 2.66 bits per heavy atom. The van der Waals surface area contributed by atoms with E-state index in [0.717, 1.165) is 60.7 Å². The molecule has 1 atom stereocenters. The molecule has 1 heterocycles. The number of fused-ring (bicyclic) bond motifs is 1. The summed E-state index contributed by atoms with van der Waals surface area (Å²) in [4.78, 5) is 13.3. The molecule has 4 nitrogen and oxygen atoms in total. The van der Waals surface area contributed by atoms with Gasteiger partial charge in [-0.15, -0.1) is 5.92 Å². The van der Waals surface area contributed by atoms with Gasteiger partial charge in [-0.2, -0.15) is 0 Å². The zero-order valence-electron chi connectivity index (χ0n) is 19.4. The Hall–Kier alpha value is -1.80. The maximum Gasteiger partial charge on any atom is 0.165 e. The molecule has 1 aliphatic rings. The number of aromatic nitrogens is 1. The van der Waals surface area contributed by atoms with Gasteiger partial charge in [-0.1, -0.05) is 43.7 Å². The van der Waals surface area contributed by atoms with Gasteiger partial charge in [-0.25, -0.2) is 0 Å². The molecule has 1 aliphatic carbocycles. The minimum Gasteiger partial charge on any atom is -0.368 e. The minimum absolute atomic E-state index is 0.0484. The molecule has 2 N–H and O–H groups in total. The van der Waals surface area contributed by atoms with Crippen molar-refractivity contribution in [2.24, 2.45) is 18.9 Å². The van der Waals surface area contributed by atoms with Gasteiger partial charge < -0.3 is 14.8 Å². The second-order valence-electron chi connectivity index (χ2n) is 9.35. The van der Waals surface area contributed by atoms with Crippen LogP contribution in [0.15, 0.2) is 18.2 Å². The van der Waals surface area contributed by atoms with Crippen molar-refractivity contribution in [2.75, 3.05) is 0 Å². The van der Waals surface area contributed by atoms with E-state index in [-0.39, 0.29) is 24.5 Å². The molecule has 2 aromatic rings. The van der Waals surface area contributed by atoms with E-state index in [1.165, 1.54) is 19.3 Å². The number of aliphatic hydroxyl groups is 2. The average molecular weight is 458 g/mol. The summed E-state index contributed by atoms with van der Waals surface area (Å²) in [5, 5.41) is 20.0. The maximum absolute atomic E-state index is 13.3. The summed E-state index contributed by atoms with van der Waals surface area (Å²) < 4.78 is 2.12. The minimum atomic E-state index is -1.39. The molecule has 32 heavy (non-hydrogen) atoms. The summed E-state index contributed by atoms with van der Waals surface area (Å²) in [6.45, 7) is 1.88. The molecule has 1 aromatic carbocycles. The van der Waals surface area contributed by atoms with Crippen molar-refractivity contribution in [3.8, 4) is 11.8 Å². The Labute approximate surface area is 197 Å². The number of aliphatic hydroxyl groups excluding tert-OH is 1. The number of aryl methyl sites for hydroxylation is 1. The van der Waals surface area contributed by atoms with E-state index < -0.39 is 6.29 Å². The first-order chi connectivity index (χ1) is 15.4. The van der Waals surface area contributed by atoms with Crippen molar-refractivity contribution in [3.05, 3.63) is 34.5 Å². The van der Waals surface area contributed by atoms with E-state index in [4.69, 9.17) is 11.6 Å². The average Bonchev–Trinajstić information content (AvgIpc) is 2.95. The van der Waals surface area contributed by atoms with E-state index in [0.29, 0.717) is 10.9 Å². The largest absolute Gasteiger partial charge is 0.368 e. The molecule has 3 rings (SSSR count). The number of rotatable bonds is 11. The van der Waals surface area contributed by atoms with Gasteiger partial charge in [0.1, 0.15) is 0 Å². The van der Waals surface area contributed by atoms with E-state index >= 15 is 0 Å². The zero-order chi connectivity index (χ0) is 23.1. The highest BCUT2D eigenvalue weighted by Gasteiger charge is 2.23. The van der Waals surface area contributed by atoms with Crippen molar-refractivity contribution in [1.29, 1.82) is 0 Å². The lowest BCUT2D eigenvalue weighted by molar-refractivity contribution is -0.0543. The van der Waals surface area contributed by atoms with E-state index in [9.17, 15) is 15.0 Å². The summed E-state index contributed by atoms with van der Waals surface area (Å²) in [5.74, 6) is 7.32. The highest BCUT2D eigenvalue weighted by atomic mass is 35.5. The summed E-state index contributed by atoms with van der Waals surface area (Å²) in [7, 11) is 2.01. The number of carbonyl (C=O) groups excluding carboxylic acids is 1. The molecule has 1 aromatic heterocycles. The van der Waals surface area contributed by atoms with Crippen molar-refractivity contribution in [2.45, 2.75) is 83.8 Å². The molecule has 0 saturated heterocycles. The third kappa shape index (κ3) is 6.61. The Morgan fingerprint density at radius 2 is 1.97 bits per heavy atom. The van der Waals surface area contributed by atoms with Gasteiger partial charge in [-0.05, 0) is 56.2 Å². The Morgan fingerprint density at radius 1 is 1.22 bits per heavy atom. The topological polar surface area (TPSA) is 62.5 Å².